The van der Waals surface area contributed by atoms with Crippen molar-refractivity contribution in [3.63, 3.8) is 0 Å². The van der Waals surface area contributed by atoms with Gasteiger partial charge in [-0.1, -0.05) is 27.2 Å². The van der Waals surface area contributed by atoms with Crippen LogP contribution in [0.25, 0.3) is 0 Å². The highest BCUT2D eigenvalue weighted by Gasteiger charge is 2.26. The first kappa shape index (κ1) is 16.9. The molecule has 114 valence electrons. The van der Waals surface area contributed by atoms with Crippen LogP contribution in [-0.2, 0) is 4.74 Å². The van der Waals surface area contributed by atoms with Crippen LogP contribution in [0.2, 0.25) is 0 Å². The monoisotopic (exact) mass is 270 g/mol. The van der Waals surface area contributed by atoms with E-state index in [0.717, 1.165) is 19.7 Å². The maximum Gasteiger partial charge on any atom is 0.0702 e. The minimum Gasteiger partial charge on any atom is -0.377 e. The first-order chi connectivity index (χ1) is 9.22. The van der Waals surface area contributed by atoms with Crippen molar-refractivity contribution in [2.24, 2.45) is 0 Å². The third kappa shape index (κ3) is 5.80. The Hall–Kier alpha value is -0.120. The Balaban J connectivity index is 2.49. The smallest absolute Gasteiger partial charge is 0.0702 e. The predicted molar refractivity (Wildman–Crippen MR) is 82.7 cm³/mol. The van der Waals surface area contributed by atoms with Gasteiger partial charge in [0.2, 0.25) is 0 Å². The van der Waals surface area contributed by atoms with Crippen molar-refractivity contribution in [2.45, 2.75) is 77.5 Å². The zero-order valence-electron chi connectivity index (χ0n) is 13.5. The first-order valence-electron chi connectivity index (χ1n) is 8.28. The molecule has 3 unspecified atom stereocenters. The fourth-order valence-electron chi connectivity index (χ4n) is 3.22. The van der Waals surface area contributed by atoms with Crippen molar-refractivity contribution in [3.05, 3.63) is 0 Å². The number of nitrogens with one attached hydrogen (secondary N) is 1. The molecule has 19 heavy (non-hydrogen) atoms. The molecule has 0 amide bonds. The van der Waals surface area contributed by atoms with Gasteiger partial charge in [0.25, 0.3) is 0 Å². The van der Waals surface area contributed by atoms with Gasteiger partial charge in [-0.25, -0.2) is 0 Å². The minimum absolute atomic E-state index is 0.465. The van der Waals surface area contributed by atoms with Gasteiger partial charge in [-0.2, -0.15) is 0 Å². The molecule has 0 aliphatic carbocycles. The molecule has 1 heterocycles. The van der Waals surface area contributed by atoms with Crippen LogP contribution >= 0.6 is 0 Å². The molecule has 3 atom stereocenters. The van der Waals surface area contributed by atoms with Crippen LogP contribution in [0.1, 0.15) is 59.3 Å². The van der Waals surface area contributed by atoms with Crippen molar-refractivity contribution in [3.8, 4) is 0 Å². The summed E-state index contributed by atoms with van der Waals surface area (Å²) in [5.41, 5.74) is 0. The van der Waals surface area contributed by atoms with Gasteiger partial charge in [0, 0.05) is 25.2 Å². The maximum atomic E-state index is 5.78. The van der Waals surface area contributed by atoms with Gasteiger partial charge in [-0.05, 0) is 45.7 Å². The largest absolute Gasteiger partial charge is 0.377 e. The lowest BCUT2D eigenvalue weighted by molar-refractivity contribution is 0.0587. The molecule has 1 N–H and O–H groups in total. The zero-order chi connectivity index (χ0) is 14.1. The Morgan fingerprint density at radius 3 is 2.58 bits per heavy atom. The fourth-order valence-corrected chi connectivity index (χ4v) is 3.22. The van der Waals surface area contributed by atoms with Crippen LogP contribution in [0.3, 0.4) is 0 Å². The molecule has 0 saturated carbocycles. The predicted octanol–water partition coefficient (Wildman–Crippen LogP) is 3.04. The molecular weight excluding hydrogens is 236 g/mol. The van der Waals surface area contributed by atoms with E-state index in [4.69, 9.17) is 4.74 Å². The highest BCUT2D eigenvalue weighted by molar-refractivity contribution is 4.84. The van der Waals surface area contributed by atoms with Crippen LogP contribution in [-0.4, -0.2) is 49.8 Å². The third-order valence-electron chi connectivity index (χ3n) is 4.22. The number of hydrogen-bond donors (Lipinski definition) is 1. The fraction of sp³-hybridized carbons (Fsp3) is 1.00. The van der Waals surface area contributed by atoms with E-state index in [1.165, 1.54) is 38.5 Å². The molecule has 0 radical (unpaired) electrons. The minimum atomic E-state index is 0.465. The van der Waals surface area contributed by atoms with Crippen LogP contribution in [0.15, 0.2) is 0 Å². The van der Waals surface area contributed by atoms with E-state index in [0.29, 0.717) is 18.2 Å². The molecule has 0 aromatic heterocycles. The number of hydrogen-bond acceptors (Lipinski definition) is 3. The van der Waals surface area contributed by atoms with E-state index >= 15 is 0 Å². The summed E-state index contributed by atoms with van der Waals surface area (Å²) in [6, 6.07) is 1.26. The second kappa shape index (κ2) is 9.73. The molecule has 1 rings (SSSR count). The zero-order valence-corrected chi connectivity index (χ0v) is 13.5. The van der Waals surface area contributed by atoms with E-state index in [1.54, 1.807) is 0 Å². The van der Waals surface area contributed by atoms with E-state index in [-0.39, 0.29) is 0 Å². The van der Waals surface area contributed by atoms with E-state index < -0.39 is 0 Å². The average molecular weight is 270 g/mol. The number of ether oxygens (including phenoxy) is 1. The first-order valence-corrected chi connectivity index (χ1v) is 8.28. The Kier molecular flexibility index (Phi) is 8.67. The molecule has 3 heteroatoms. The van der Waals surface area contributed by atoms with Gasteiger partial charge in [-0.3, -0.25) is 4.90 Å². The summed E-state index contributed by atoms with van der Waals surface area (Å²) in [6.07, 6.45) is 7.90. The van der Waals surface area contributed by atoms with E-state index in [9.17, 15) is 0 Å². The van der Waals surface area contributed by atoms with Gasteiger partial charge in [-0.15, -0.1) is 0 Å². The highest BCUT2D eigenvalue weighted by atomic mass is 16.5. The van der Waals surface area contributed by atoms with Gasteiger partial charge in [0.05, 0.1) is 6.10 Å². The van der Waals surface area contributed by atoms with Crippen LogP contribution in [0.5, 0.6) is 0 Å². The van der Waals surface area contributed by atoms with Crippen molar-refractivity contribution >= 4 is 0 Å². The molecule has 1 saturated heterocycles. The van der Waals surface area contributed by atoms with Crippen LogP contribution < -0.4 is 5.32 Å². The topological polar surface area (TPSA) is 24.5 Å². The standard InChI is InChI=1S/C16H34N2O/c1-5-9-15(17-11-6-2)16(7-3)18(4)13-14-10-8-12-19-14/h14-17H,5-13H2,1-4H3. The lowest BCUT2D eigenvalue weighted by Crippen LogP contribution is -2.50. The molecule has 1 aliphatic heterocycles. The van der Waals surface area contributed by atoms with E-state index in [1.807, 2.05) is 0 Å². The summed E-state index contributed by atoms with van der Waals surface area (Å²) in [6.45, 7) is 10.0. The lowest BCUT2D eigenvalue weighted by Gasteiger charge is -2.36. The van der Waals surface area contributed by atoms with E-state index in [2.05, 4.69) is 38.0 Å². The van der Waals surface area contributed by atoms with Gasteiger partial charge in [0.15, 0.2) is 0 Å². The van der Waals surface area contributed by atoms with Crippen molar-refractivity contribution in [1.82, 2.24) is 10.2 Å². The lowest BCUT2D eigenvalue weighted by atomic mass is 9.98. The second-order valence-corrected chi connectivity index (χ2v) is 5.90. The van der Waals surface area contributed by atoms with Gasteiger partial charge >= 0.3 is 0 Å². The Morgan fingerprint density at radius 1 is 1.26 bits per heavy atom. The maximum absolute atomic E-state index is 5.78. The quantitative estimate of drug-likeness (QED) is 0.660. The summed E-state index contributed by atoms with van der Waals surface area (Å²) in [7, 11) is 2.27. The van der Waals surface area contributed by atoms with Gasteiger partial charge in [0.1, 0.15) is 0 Å². The SMILES string of the molecule is CCCNC(CCC)C(CC)N(C)CC1CCCO1. The Labute approximate surface area is 120 Å². The Morgan fingerprint density at radius 2 is 2.05 bits per heavy atom. The van der Waals surface area contributed by atoms with Crippen LogP contribution in [0.4, 0.5) is 0 Å². The number of likely N-dealkylation sites (N-methyl/N-ethyl adjacent to an activating group) is 1. The molecule has 0 aromatic carbocycles. The molecular formula is C16H34N2O. The average Bonchev–Trinajstić information content (AvgIpc) is 2.89. The molecule has 0 aromatic rings. The summed E-state index contributed by atoms with van der Waals surface area (Å²) in [4.78, 5) is 2.53. The summed E-state index contributed by atoms with van der Waals surface area (Å²) >= 11 is 0. The third-order valence-corrected chi connectivity index (χ3v) is 4.22. The molecule has 1 fully saturated rings. The number of rotatable bonds is 10. The summed E-state index contributed by atoms with van der Waals surface area (Å²) in [5, 5.41) is 3.74. The van der Waals surface area contributed by atoms with Gasteiger partial charge < -0.3 is 10.1 Å². The molecule has 0 bridgehead atoms. The molecule has 1 aliphatic rings. The normalized spacial score (nSPS) is 22.9. The van der Waals surface area contributed by atoms with Crippen molar-refractivity contribution in [2.75, 3.05) is 26.7 Å². The van der Waals surface area contributed by atoms with Crippen LogP contribution in [0, 0.1) is 0 Å². The molecule has 0 spiro atoms. The summed E-state index contributed by atoms with van der Waals surface area (Å²) < 4.78 is 5.78. The number of nitrogens with zero attached hydrogens (tertiary/aromatic N) is 1. The van der Waals surface area contributed by atoms with Crippen molar-refractivity contribution in [1.29, 1.82) is 0 Å². The molecule has 3 nitrogen and oxygen atoms in total. The Bertz CT molecular complexity index is 217. The summed E-state index contributed by atoms with van der Waals surface area (Å²) in [5.74, 6) is 0. The second-order valence-electron chi connectivity index (χ2n) is 5.90. The highest BCUT2D eigenvalue weighted by Crippen LogP contribution is 2.17. The van der Waals surface area contributed by atoms with Crippen molar-refractivity contribution < 1.29 is 4.74 Å².